The Morgan fingerprint density at radius 1 is 1.24 bits per heavy atom. The molecule has 0 bridgehead atoms. The molecule has 3 N–H and O–H groups in total. The molecule has 0 aliphatic heterocycles. The van der Waals surface area contributed by atoms with Crippen LogP contribution in [0.15, 0.2) is 0 Å². The minimum Gasteiger partial charge on any atom is -0.383 e. The number of aliphatic hydroxyl groups is 1. The first-order chi connectivity index (χ1) is 9.70. The van der Waals surface area contributed by atoms with E-state index in [9.17, 15) is 14.7 Å². The molecule has 0 aliphatic rings. The molecule has 0 aromatic carbocycles. The number of hydrogen-bond acceptors (Lipinski definition) is 5. The monoisotopic (exact) mass is 320 g/mol. The number of carbonyl (C=O) groups excluding carboxylic acids is 2. The van der Waals surface area contributed by atoms with Gasteiger partial charge in [0.1, 0.15) is 6.10 Å². The summed E-state index contributed by atoms with van der Waals surface area (Å²) in [5.74, 6) is -0.0727. The Kier molecular flexibility index (Phi) is 9.65. The lowest BCUT2D eigenvalue weighted by Gasteiger charge is -2.30. The van der Waals surface area contributed by atoms with Gasteiger partial charge in [-0.1, -0.05) is 13.8 Å². The van der Waals surface area contributed by atoms with Crippen molar-refractivity contribution >= 4 is 24.4 Å². The molecule has 124 valence electrons. The summed E-state index contributed by atoms with van der Waals surface area (Å²) in [4.78, 5) is 23.2. The van der Waals surface area contributed by atoms with Gasteiger partial charge in [-0.15, -0.1) is 0 Å². The van der Waals surface area contributed by atoms with Gasteiger partial charge < -0.3 is 20.5 Å². The van der Waals surface area contributed by atoms with Crippen LogP contribution in [-0.4, -0.2) is 54.6 Å². The molecule has 6 nitrogen and oxygen atoms in total. The molecule has 1 unspecified atom stereocenters. The number of hydrogen-bond donors (Lipinski definition) is 4. The molecule has 1 atom stereocenters. The molecule has 0 fully saturated rings. The van der Waals surface area contributed by atoms with Gasteiger partial charge in [0.2, 0.25) is 11.8 Å². The summed E-state index contributed by atoms with van der Waals surface area (Å²) in [5, 5.41) is 15.3. The number of carbonyl (C=O) groups is 2. The molecule has 0 aromatic rings. The lowest BCUT2D eigenvalue weighted by molar-refractivity contribution is -0.139. The molecule has 2 amide bonds. The fraction of sp³-hybridized carbons (Fsp3) is 0.857. The SMILES string of the molecule is CC(C)OCC(C)(C)C(O)C(=O)NCCC(=O)NCCS. The third-order valence-corrected chi connectivity index (χ3v) is 3.09. The van der Waals surface area contributed by atoms with Crippen LogP contribution in [0.3, 0.4) is 0 Å². The number of aliphatic hydroxyl groups excluding tert-OH is 1. The van der Waals surface area contributed by atoms with Crippen LogP contribution in [0, 0.1) is 5.41 Å². The molecule has 7 heteroatoms. The predicted octanol–water partition coefficient (Wildman–Crippen LogP) is 0.351. The second-order valence-corrected chi connectivity index (χ2v) is 6.31. The van der Waals surface area contributed by atoms with Gasteiger partial charge in [-0.25, -0.2) is 0 Å². The lowest BCUT2D eigenvalue weighted by atomic mass is 9.87. The summed E-state index contributed by atoms with van der Waals surface area (Å²) >= 11 is 3.98. The van der Waals surface area contributed by atoms with Crippen molar-refractivity contribution in [3.8, 4) is 0 Å². The number of rotatable bonds is 10. The van der Waals surface area contributed by atoms with Crippen LogP contribution in [-0.2, 0) is 14.3 Å². The summed E-state index contributed by atoms with van der Waals surface area (Å²) < 4.78 is 5.45. The van der Waals surface area contributed by atoms with E-state index < -0.39 is 17.4 Å². The molecular formula is C14H28N2O4S. The van der Waals surface area contributed by atoms with Crippen molar-refractivity contribution in [2.24, 2.45) is 5.41 Å². The molecule has 0 saturated heterocycles. The Hall–Kier alpha value is -0.790. The molecular weight excluding hydrogens is 292 g/mol. The number of amides is 2. The normalized spacial score (nSPS) is 13.1. The van der Waals surface area contributed by atoms with Crippen molar-refractivity contribution in [2.45, 2.75) is 46.3 Å². The Morgan fingerprint density at radius 2 is 1.86 bits per heavy atom. The molecule has 0 radical (unpaired) electrons. The van der Waals surface area contributed by atoms with Gasteiger partial charge in [0.25, 0.3) is 0 Å². The maximum Gasteiger partial charge on any atom is 0.249 e. The third kappa shape index (κ3) is 8.95. The molecule has 0 spiro atoms. The van der Waals surface area contributed by atoms with Gasteiger partial charge in [-0.2, -0.15) is 12.6 Å². The number of nitrogens with one attached hydrogen (secondary N) is 2. The average Bonchev–Trinajstić information content (AvgIpc) is 2.42. The van der Waals surface area contributed by atoms with Gasteiger partial charge in [0.15, 0.2) is 0 Å². The van der Waals surface area contributed by atoms with Crippen molar-refractivity contribution in [1.29, 1.82) is 0 Å². The van der Waals surface area contributed by atoms with Gasteiger partial charge in [0.05, 0.1) is 12.7 Å². The fourth-order valence-corrected chi connectivity index (χ4v) is 1.61. The van der Waals surface area contributed by atoms with E-state index in [1.165, 1.54) is 0 Å². The summed E-state index contributed by atoms with van der Waals surface area (Å²) in [6.45, 7) is 8.28. The highest BCUT2D eigenvalue weighted by molar-refractivity contribution is 7.80. The van der Waals surface area contributed by atoms with Crippen molar-refractivity contribution in [3.05, 3.63) is 0 Å². The van der Waals surface area contributed by atoms with E-state index in [4.69, 9.17) is 4.74 Å². The van der Waals surface area contributed by atoms with E-state index in [2.05, 4.69) is 23.3 Å². The third-order valence-electron chi connectivity index (χ3n) is 2.86. The van der Waals surface area contributed by atoms with E-state index in [1.807, 2.05) is 13.8 Å². The summed E-state index contributed by atoms with van der Waals surface area (Å²) in [6.07, 6.45) is -0.971. The van der Waals surface area contributed by atoms with Gasteiger partial charge >= 0.3 is 0 Å². The molecule has 0 heterocycles. The minimum absolute atomic E-state index is 0.0371. The van der Waals surface area contributed by atoms with E-state index in [0.717, 1.165) is 0 Å². The van der Waals surface area contributed by atoms with Crippen molar-refractivity contribution in [1.82, 2.24) is 10.6 Å². The Bertz CT molecular complexity index is 335. The van der Waals surface area contributed by atoms with Crippen LogP contribution in [0.2, 0.25) is 0 Å². The molecule has 0 aliphatic carbocycles. The summed E-state index contributed by atoms with van der Waals surface area (Å²) in [6, 6.07) is 0. The van der Waals surface area contributed by atoms with E-state index >= 15 is 0 Å². The number of thiol groups is 1. The molecule has 21 heavy (non-hydrogen) atoms. The van der Waals surface area contributed by atoms with Crippen LogP contribution in [0.4, 0.5) is 0 Å². The second kappa shape index (κ2) is 10.0. The summed E-state index contributed by atoms with van der Waals surface area (Å²) in [5.41, 5.74) is -0.692. The Labute approximate surface area is 132 Å². The highest BCUT2D eigenvalue weighted by atomic mass is 32.1. The first-order valence-corrected chi connectivity index (χ1v) is 7.79. The van der Waals surface area contributed by atoms with Crippen LogP contribution >= 0.6 is 12.6 Å². The van der Waals surface area contributed by atoms with Crippen molar-refractivity contribution < 1.29 is 19.4 Å². The first kappa shape index (κ1) is 20.2. The van der Waals surface area contributed by atoms with Crippen LogP contribution in [0.25, 0.3) is 0 Å². The zero-order valence-corrected chi connectivity index (χ0v) is 14.2. The quantitative estimate of drug-likeness (QED) is 0.438. The molecule has 0 aromatic heterocycles. The number of ether oxygens (including phenoxy) is 1. The Morgan fingerprint density at radius 3 is 2.38 bits per heavy atom. The molecule has 0 rings (SSSR count). The topological polar surface area (TPSA) is 87.7 Å². The van der Waals surface area contributed by atoms with Crippen molar-refractivity contribution in [3.63, 3.8) is 0 Å². The first-order valence-electron chi connectivity index (χ1n) is 7.15. The maximum atomic E-state index is 11.9. The summed E-state index contributed by atoms with van der Waals surface area (Å²) in [7, 11) is 0. The smallest absolute Gasteiger partial charge is 0.249 e. The van der Waals surface area contributed by atoms with E-state index in [0.29, 0.717) is 12.3 Å². The fourth-order valence-electron chi connectivity index (χ4n) is 1.49. The second-order valence-electron chi connectivity index (χ2n) is 5.87. The van der Waals surface area contributed by atoms with Gasteiger partial charge in [-0.05, 0) is 13.8 Å². The maximum absolute atomic E-state index is 11.9. The largest absolute Gasteiger partial charge is 0.383 e. The predicted molar refractivity (Wildman–Crippen MR) is 85.4 cm³/mol. The molecule has 0 saturated carbocycles. The van der Waals surface area contributed by atoms with Crippen molar-refractivity contribution in [2.75, 3.05) is 25.4 Å². The standard InChI is InChI=1S/C14H28N2O4S/c1-10(2)20-9-14(3,4)12(18)13(19)16-6-5-11(17)15-7-8-21/h10,12,18,21H,5-9H2,1-4H3,(H,15,17)(H,16,19). The van der Waals surface area contributed by atoms with E-state index in [1.54, 1.807) is 13.8 Å². The van der Waals surface area contributed by atoms with Crippen LogP contribution in [0.5, 0.6) is 0 Å². The van der Waals surface area contributed by atoms with Gasteiger partial charge in [0, 0.05) is 30.7 Å². The van der Waals surface area contributed by atoms with Crippen LogP contribution < -0.4 is 10.6 Å². The highest BCUT2D eigenvalue weighted by Gasteiger charge is 2.34. The Balaban J connectivity index is 4.11. The minimum atomic E-state index is -1.18. The van der Waals surface area contributed by atoms with E-state index in [-0.39, 0.29) is 31.6 Å². The highest BCUT2D eigenvalue weighted by Crippen LogP contribution is 2.22. The van der Waals surface area contributed by atoms with Crippen LogP contribution in [0.1, 0.15) is 34.1 Å². The zero-order valence-electron chi connectivity index (χ0n) is 13.3. The average molecular weight is 320 g/mol. The zero-order chi connectivity index (χ0) is 16.5. The lowest BCUT2D eigenvalue weighted by Crippen LogP contribution is -2.47. The van der Waals surface area contributed by atoms with Gasteiger partial charge in [-0.3, -0.25) is 9.59 Å².